The molecular formula is C44H25N3OS. The van der Waals surface area contributed by atoms with Gasteiger partial charge >= 0.3 is 0 Å². The molecule has 5 heteroatoms. The first-order chi connectivity index (χ1) is 24.3. The Hall–Kier alpha value is -6.30. The lowest BCUT2D eigenvalue weighted by molar-refractivity contribution is 0.666. The average molecular weight is 644 g/mol. The summed E-state index contributed by atoms with van der Waals surface area (Å²) in [7, 11) is 0. The van der Waals surface area contributed by atoms with Gasteiger partial charge in [-0.3, -0.25) is 4.57 Å². The lowest BCUT2D eigenvalue weighted by atomic mass is 10.0. The van der Waals surface area contributed by atoms with Gasteiger partial charge in [0.15, 0.2) is 5.58 Å². The average Bonchev–Trinajstić information content (AvgIpc) is 3.82. The van der Waals surface area contributed by atoms with Crippen LogP contribution in [0.25, 0.3) is 103 Å². The van der Waals surface area contributed by atoms with Crippen LogP contribution in [0, 0.1) is 0 Å². The van der Waals surface area contributed by atoms with Gasteiger partial charge in [-0.05, 0) is 64.4 Å². The highest BCUT2D eigenvalue weighted by Crippen LogP contribution is 2.41. The summed E-state index contributed by atoms with van der Waals surface area (Å²) in [4.78, 5) is 10.8. The first-order valence-electron chi connectivity index (χ1n) is 16.4. The third-order valence-electron chi connectivity index (χ3n) is 9.80. The van der Waals surface area contributed by atoms with Crippen LogP contribution < -0.4 is 0 Å². The van der Waals surface area contributed by atoms with E-state index in [1.165, 1.54) is 41.7 Å². The van der Waals surface area contributed by atoms with Crippen LogP contribution in [0.4, 0.5) is 0 Å². The second-order valence-electron chi connectivity index (χ2n) is 12.6. The van der Waals surface area contributed by atoms with Crippen molar-refractivity contribution in [2.75, 3.05) is 0 Å². The lowest BCUT2D eigenvalue weighted by Crippen LogP contribution is -2.02. The van der Waals surface area contributed by atoms with Crippen molar-refractivity contribution in [3.63, 3.8) is 0 Å². The smallest absolute Gasteiger partial charge is 0.236 e. The maximum atomic E-state index is 6.67. The van der Waals surface area contributed by atoms with E-state index >= 15 is 0 Å². The number of para-hydroxylation sites is 1. The predicted octanol–water partition coefficient (Wildman–Crippen LogP) is 12.3. The third kappa shape index (κ3) is 3.97. The van der Waals surface area contributed by atoms with E-state index in [0.29, 0.717) is 11.5 Å². The van der Waals surface area contributed by atoms with E-state index < -0.39 is 0 Å². The Morgan fingerprint density at radius 2 is 1.20 bits per heavy atom. The summed E-state index contributed by atoms with van der Waals surface area (Å²) in [5, 5.41) is 8.23. The molecule has 0 saturated carbocycles. The largest absolute Gasteiger partial charge is 0.452 e. The molecule has 0 aliphatic rings. The lowest BCUT2D eigenvalue weighted by Gasteiger charge is -2.10. The maximum Gasteiger partial charge on any atom is 0.236 e. The van der Waals surface area contributed by atoms with Crippen molar-refractivity contribution in [2.45, 2.75) is 0 Å². The summed E-state index contributed by atoms with van der Waals surface area (Å²) < 4.78 is 11.4. The molecule has 0 aliphatic carbocycles. The normalized spacial score (nSPS) is 12.1. The van der Waals surface area contributed by atoms with Crippen LogP contribution in [0.2, 0.25) is 0 Å². The number of aromatic nitrogens is 3. The number of rotatable bonds is 3. The van der Waals surface area contributed by atoms with Crippen molar-refractivity contribution in [1.29, 1.82) is 0 Å². The molecule has 0 radical (unpaired) electrons. The monoisotopic (exact) mass is 643 g/mol. The van der Waals surface area contributed by atoms with Gasteiger partial charge in [0.2, 0.25) is 5.95 Å². The topological polar surface area (TPSA) is 43.9 Å². The number of benzene rings is 7. The van der Waals surface area contributed by atoms with Gasteiger partial charge in [-0.1, -0.05) is 109 Å². The molecule has 0 bridgehead atoms. The molecule has 11 rings (SSSR count). The molecular weight excluding hydrogens is 619 g/mol. The zero-order valence-corrected chi connectivity index (χ0v) is 26.9. The first-order valence-corrected chi connectivity index (χ1v) is 17.2. The Morgan fingerprint density at radius 1 is 0.469 bits per heavy atom. The van der Waals surface area contributed by atoms with Gasteiger partial charge in [0.05, 0.1) is 11.0 Å². The highest BCUT2D eigenvalue weighted by atomic mass is 32.1. The van der Waals surface area contributed by atoms with Gasteiger partial charge in [-0.25, -0.2) is 9.97 Å². The molecule has 0 unspecified atom stereocenters. The van der Waals surface area contributed by atoms with E-state index in [1.807, 2.05) is 17.4 Å². The minimum Gasteiger partial charge on any atom is -0.452 e. The molecule has 49 heavy (non-hydrogen) atoms. The fourth-order valence-corrected chi connectivity index (χ4v) is 8.63. The van der Waals surface area contributed by atoms with Gasteiger partial charge in [0, 0.05) is 41.9 Å². The summed E-state index contributed by atoms with van der Waals surface area (Å²) in [5.41, 5.74) is 8.47. The highest BCUT2D eigenvalue weighted by Gasteiger charge is 2.22. The van der Waals surface area contributed by atoms with Gasteiger partial charge < -0.3 is 4.42 Å². The standard InChI is InChI=1S/C44H25N3OS/c1-2-10-26(11-3-1)29-19-21-38-35(23-29)42-43(48-38)41(30-18-20-33-32-15-7-9-17-39(32)49-40(33)25-30)45-44(46-42)47-36-16-8-6-14-31(36)34-22-27-12-4-5-13-28(27)24-37(34)47/h1-25H. The molecule has 4 nitrogen and oxygen atoms in total. The first kappa shape index (κ1) is 26.7. The van der Waals surface area contributed by atoms with Crippen LogP contribution in [0.5, 0.6) is 0 Å². The van der Waals surface area contributed by atoms with Crippen molar-refractivity contribution in [1.82, 2.24) is 14.5 Å². The minimum atomic E-state index is 0.619. The van der Waals surface area contributed by atoms with E-state index in [-0.39, 0.29) is 0 Å². The molecule has 0 atom stereocenters. The summed E-state index contributed by atoms with van der Waals surface area (Å²) in [6, 6.07) is 53.7. The number of nitrogens with zero attached hydrogens (tertiary/aromatic N) is 3. The zero-order valence-electron chi connectivity index (χ0n) is 26.1. The van der Waals surface area contributed by atoms with E-state index in [0.717, 1.165) is 49.9 Å². The maximum absolute atomic E-state index is 6.67. The molecule has 0 N–H and O–H groups in total. The fraction of sp³-hybridized carbons (Fsp3) is 0. The van der Waals surface area contributed by atoms with Crippen LogP contribution in [0.3, 0.4) is 0 Å². The van der Waals surface area contributed by atoms with Crippen molar-refractivity contribution < 1.29 is 4.42 Å². The molecule has 4 aromatic heterocycles. The second-order valence-corrected chi connectivity index (χ2v) is 13.7. The molecule has 0 fully saturated rings. The van der Waals surface area contributed by atoms with Gasteiger partial charge in [0.25, 0.3) is 0 Å². The Morgan fingerprint density at radius 3 is 2.10 bits per heavy atom. The van der Waals surface area contributed by atoms with Crippen LogP contribution in [-0.2, 0) is 0 Å². The van der Waals surface area contributed by atoms with Crippen LogP contribution in [0.1, 0.15) is 0 Å². The highest BCUT2D eigenvalue weighted by molar-refractivity contribution is 7.25. The third-order valence-corrected chi connectivity index (χ3v) is 10.9. The van der Waals surface area contributed by atoms with Gasteiger partial charge in [0.1, 0.15) is 16.8 Å². The van der Waals surface area contributed by atoms with Crippen molar-refractivity contribution in [2.24, 2.45) is 0 Å². The molecule has 0 amide bonds. The quantitative estimate of drug-likeness (QED) is 0.192. The molecule has 4 heterocycles. The van der Waals surface area contributed by atoms with E-state index in [2.05, 4.69) is 150 Å². The summed E-state index contributed by atoms with van der Waals surface area (Å²) >= 11 is 1.81. The number of hydrogen-bond donors (Lipinski definition) is 0. The molecule has 228 valence electrons. The number of thiophene rings is 1. The number of fused-ring (bicyclic) bond motifs is 10. The van der Waals surface area contributed by atoms with Crippen molar-refractivity contribution >= 4 is 86.2 Å². The number of furan rings is 1. The van der Waals surface area contributed by atoms with E-state index in [1.54, 1.807) is 0 Å². The minimum absolute atomic E-state index is 0.619. The zero-order chi connectivity index (χ0) is 32.1. The molecule has 0 spiro atoms. The van der Waals surface area contributed by atoms with Crippen LogP contribution in [-0.4, -0.2) is 14.5 Å². The molecule has 7 aromatic carbocycles. The SMILES string of the molecule is c1ccc(-c2ccc3oc4c(-c5ccc6c(c5)sc5ccccc56)nc(-n5c6ccccc6c6cc7ccccc7cc65)nc4c3c2)cc1. The van der Waals surface area contributed by atoms with Crippen LogP contribution >= 0.6 is 11.3 Å². The molecule has 11 aromatic rings. The van der Waals surface area contributed by atoms with E-state index in [4.69, 9.17) is 14.4 Å². The summed E-state index contributed by atoms with van der Waals surface area (Å²) in [6.07, 6.45) is 0. The Labute approximate surface area is 284 Å². The predicted molar refractivity (Wildman–Crippen MR) is 205 cm³/mol. The van der Waals surface area contributed by atoms with Crippen LogP contribution in [0.15, 0.2) is 156 Å². The van der Waals surface area contributed by atoms with Gasteiger partial charge in [-0.15, -0.1) is 11.3 Å². The van der Waals surface area contributed by atoms with Crippen molar-refractivity contribution in [3.05, 3.63) is 152 Å². The summed E-state index contributed by atoms with van der Waals surface area (Å²) in [5.74, 6) is 0.619. The number of hydrogen-bond acceptors (Lipinski definition) is 4. The van der Waals surface area contributed by atoms with Crippen molar-refractivity contribution in [3.8, 4) is 28.3 Å². The Balaban J connectivity index is 1.25. The molecule has 0 saturated heterocycles. The van der Waals surface area contributed by atoms with Gasteiger partial charge in [-0.2, -0.15) is 0 Å². The second kappa shape index (κ2) is 10.1. The van der Waals surface area contributed by atoms with E-state index in [9.17, 15) is 0 Å². The fourth-order valence-electron chi connectivity index (χ4n) is 7.48. The Kier molecular flexibility index (Phi) is 5.51. The summed E-state index contributed by atoms with van der Waals surface area (Å²) in [6.45, 7) is 0. The Bertz CT molecular complexity index is 3110. The molecule has 0 aliphatic heterocycles.